The number of aromatic nitrogens is 1. The number of hydrogen-bond donors (Lipinski definition) is 1. The third-order valence-electron chi connectivity index (χ3n) is 3.61. The zero-order valence-electron chi connectivity index (χ0n) is 12.7. The van der Waals surface area contributed by atoms with Crippen molar-refractivity contribution in [2.75, 3.05) is 11.0 Å². The van der Waals surface area contributed by atoms with E-state index in [-0.39, 0.29) is 5.56 Å². The lowest BCUT2D eigenvalue weighted by molar-refractivity contribution is 0.605. The highest BCUT2D eigenvalue weighted by molar-refractivity contribution is 7.92. The van der Waals surface area contributed by atoms with Gasteiger partial charge in [-0.25, -0.2) is 9.11 Å². The van der Waals surface area contributed by atoms with Crippen molar-refractivity contribution in [3.8, 4) is 11.1 Å². The van der Waals surface area contributed by atoms with Gasteiger partial charge in [-0.05, 0) is 29.7 Å². The van der Waals surface area contributed by atoms with Crippen molar-refractivity contribution in [3.05, 3.63) is 64.8 Å². The number of halogens is 1. The Kier molecular flexibility index (Phi) is 4.11. The van der Waals surface area contributed by atoms with Gasteiger partial charge in [0.05, 0.1) is 17.0 Å². The second kappa shape index (κ2) is 6.06. The third-order valence-corrected chi connectivity index (χ3v) is 4.13. The van der Waals surface area contributed by atoms with Gasteiger partial charge in [-0.1, -0.05) is 18.2 Å². The molecule has 1 atom stereocenters. The Bertz CT molecular complexity index is 938. The van der Waals surface area contributed by atoms with Crippen molar-refractivity contribution in [1.82, 2.24) is 4.57 Å². The van der Waals surface area contributed by atoms with Gasteiger partial charge in [0.15, 0.2) is 0 Å². The molecule has 23 heavy (non-hydrogen) atoms. The summed E-state index contributed by atoms with van der Waals surface area (Å²) >= 11 is -1.25. The van der Waals surface area contributed by atoms with E-state index >= 15 is 0 Å². The van der Waals surface area contributed by atoms with Crippen molar-refractivity contribution in [2.45, 2.75) is 0 Å². The average Bonchev–Trinajstić information content (AvgIpc) is 2.52. The first-order chi connectivity index (χ1) is 11.0. The van der Waals surface area contributed by atoms with Gasteiger partial charge >= 0.3 is 0 Å². The minimum absolute atomic E-state index is 0.131. The Labute approximate surface area is 135 Å². The van der Waals surface area contributed by atoms with Gasteiger partial charge in [0.25, 0.3) is 5.56 Å². The molecule has 118 valence electrons. The highest BCUT2D eigenvalue weighted by atomic mass is 32.2. The van der Waals surface area contributed by atoms with Crippen molar-refractivity contribution in [3.63, 3.8) is 0 Å². The smallest absolute Gasteiger partial charge is 0.258 e. The lowest BCUT2D eigenvalue weighted by Gasteiger charge is -2.13. The summed E-state index contributed by atoms with van der Waals surface area (Å²) in [6, 6.07) is 11.6. The molecule has 0 radical (unpaired) electrons. The van der Waals surface area contributed by atoms with Crippen LogP contribution in [0.4, 0.5) is 10.1 Å². The van der Waals surface area contributed by atoms with E-state index in [4.69, 9.17) is 0 Å². The van der Waals surface area contributed by atoms with E-state index in [2.05, 4.69) is 4.72 Å². The fourth-order valence-electron chi connectivity index (χ4n) is 2.59. The molecule has 1 heterocycles. The first kappa shape index (κ1) is 15.6. The molecule has 1 N–H and O–H groups in total. The zero-order chi connectivity index (χ0) is 16.6. The number of benzene rings is 2. The molecule has 0 amide bonds. The van der Waals surface area contributed by atoms with Gasteiger partial charge < -0.3 is 9.12 Å². The van der Waals surface area contributed by atoms with Crippen LogP contribution in [0, 0.1) is 5.82 Å². The van der Waals surface area contributed by atoms with Crippen LogP contribution in [0.3, 0.4) is 0 Å². The van der Waals surface area contributed by atoms with Crippen molar-refractivity contribution < 1.29 is 8.94 Å². The van der Waals surface area contributed by atoms with Crippen molar-refractivity contribution in [2.24, 2.45) is 7.05 Å². The maximum Gasteiger partial charge on any atom is 0.258 e. The van der Waals surface area contributed by atoms with Gasteiger partial charge in [0, 0.05) is 29.8 Å². The van der Waals surface area contributed by atoms with Gasteiger partial charge in [-0.3, -0.25) is 4.79 Å². The molecule has 0 fully saturated rings. The Morgan fingerprint density at radius 3 is 2.52 bits per heavy atom. The SMILES string of the molecule is Cn1cc(-c2cc(N[S+](C)[O-])ccc2F)c2ccccc2c1=O. The van der Waals surface area contributed by atoms with E-state index in [1.165, 1.54) is 23.0 Å². The molecule has 0 aliphatic heterocycles. The maximum absolute atomic E-state index is 14.4. The van der Waals surface area contributed by atoms with Crippen molar-refractivity contribution in [1.29, 1.82) is 0 Å². The quantitative estimate of drug-likeness (QED) is 0.751. The van der Waals surface area contributed by atoms with Crippen LogP contribution in [0.2, 0.25) is 0 Å². The molecule has 0 saturated carbocycles. The Balaban J connectivity index is 2.29. The fraction of sp³-hybridized carbons (Fsp3) is 0.118. The van der Waals surface area contributed by atoms with E-state index in [0.717, 1.165) is 0 Å². The molecule has 2 aromatic carbocycles. The summed E-state index contributed by atoms with van der Waals surface area (Å²) in [4.78, 5) is 12.2. The largest absolute Gasteiger partial charge is 0.593 e. The van der Waals surface area contributed by atoms with Crippen LogP contribution in [-0.4, -0.2) is 15.4 Å². The molecule has 0 aliphatic rings. The number of anilines is 1. The monoisotopic (exact) mass is 330 g/mol. The molecule has 3 rings (SSSR count). The molecule has 6 heteroatoms. The number of nitrogens with one attached hydrogen (secondary N) is 1. The van der Waals surface area contributed by atoms with Crippen LogP contribution < -0.4 is 10.3 Å². The Hall–Kier alpha value is -2.31. The summed E-state index contributed by atoms with van der Waals surface area (Å²) in [5.74, 6) is -0.402. The second-order valence-corrected chi connectivity index (χ2v) is 6.37. The Morgan fingerprint density at radius 1 is 1.13 bits per heavy atom. The molecular weight excluding hydrogens is 315 g/mol. The number of hydrogen-bond acceptors (Lipinski definition) is 3. The minimum atomic E-state index is -1.25. The Morgan fingerprint density at radius 2 is 1.83 bits per heavy atom. The van der Waals surface area contributed by atoms with Crippen LogP contribution in [0.15, 0.2) is 53.5 Å². The number of pyridine rings is 1. The number of nitrogens with zero attached hydrogens (tertiary/aromatic N) is 1. The minimum Gasteiger partial charge on any atom is -0.593 e. The standard InChI is InChI=1S/C17H15FN2O2S/c1-20-10-15(12-5-3-4-6-13(12)17(20)21)14-9-11(19-23(2)22)7-8-16(14)18/h3-10,19H,1-2H3. The molecule has 4 nitrogen and oxygen atoms in total. The molecule has 0 aliphatic carbocycles. The first-order valence-corrected chi connectivity index (χ1v) is 8.51. The van der Waals surface area contributed by atoms with Gasteiger partial charge in [-0.2, -0.15) is 0 Å². The normalized spacial score (nSPS) is 12.3. The molecule has 0 bridgehead atoms. The van der Waals surface area contributed by atoms with Crippen LogP contribution >= 0.6 is 0 Å². The van der Waals surface area contributed by atoms with Gasteiger partial charge in [-0.15, -0.1) is 0 Å². The first-order valence-electron chi connectivity index (χ1n) is 6.96. The molecule has 1 aromatic heterocycles. The fourth-order valence-corrected chi connectivity index (χ4v) is 3.05. The number of aryl methyl sites for hydroxylation is 1. The highest BCUT2D eigenvalue weighted by Gasteiger charge is 2.13. The lowest BCUT2D eigenvalue weighted by Crippen LogP contribution is -2.16. The summed E-state index contributed by atoms with van der Waals surface area (Å²) < 4.78 is 29.9. The van der Waals surface area contributed by atoms with Crippen LogP contribution in [-0.2, 0) is 18.4 Å². The van der Waals surface area contributed by atoms with E-state index in [0.29, 0.717) is 27.6 Å². The predicted octanol–water partition coefficient (Wildman–Crippen LogP) is 3.05. The van der Waals surface area contributed by atoms with Crippen LogP contribution in [0.5, 0.6) is 0 Å². The molecule has 3 aromatic rings. The lowest BCUT2D eigenvalue weighted by atomic mass is 10.00. The van der Waals surface area contributed by atoms with Crippen LogP contribution in [0.25, 0.3) is 21.9 Å². The summed E-state index contributed by atoms with van der Waals surface area (Å²) in [5.41, 5.74) is 1.40. The predicted molar refractivity (Wildman–Crippen MR) is 92.3 cm³/mol. The van der Waals surface area contributed by atoms with E-state index in [1.54, 1.807) is 37.5 Å². The van der Waals surface area contributed by atoms with Crippen LogP contribution in [0.1, 0.15) is 0 Å². The van der Waals surface area contributed by atoms with Crippen molar-refractivity contribution >= 4 is 27.8 Å². The third kappa shape index (κ3) is 2.95. The highest BCUT2D eigenvalue weighted by Crippen LogP contribution is 2.31. The summed E-state index contributed by atoms with van der Waals surface area (Å²) in [5, 5.41) is 1.22. The molecule has 1 unspecified atom stereocenters. The van der Waals surface area contributed by atoms with E-state index in [1.807, 2.05) is 6.07 Å². The summed E-state index contributed by atoms with van der Waals surface area (Å²) in [6.45, 7) is 0. The maximum atomic E-state index is 14.4. The molecular formula is C17H15FN2O2S. The topological polar surface area (TPSA) is 57.1 Å². The van der Waals surface area contributed by atoms with E-state index < -0.39 is 17.2 Å². The summed E-state index contributed by atoms with van der Waals surface area (Å²) in [7, 11) is 1.64. The number of fused-ring (bicyclic) bond motifs is 1. The molecule has 0 spiro atoms. The van der Waals surface area contributed by atoms with E-state index in [9.17, 15) is 13.7 Å². The summed E-state index contributed by atoms with van der Waals surface area (Å²) in [6.07, 6.45) is 3.13. The van der Waals surface area contributed by atoms with Gasteiger partial charge in [0.1, 0.15) is 12.1 Å². The average molecular weight is 330 g/mol. The number of rotatable bonds is 3. The second-order valence-electron chi connectivity index (χ2n) is 5.26. The zero-order valence-corrected chi connectivity index (χ0v) is 13.5. The molecule has 0 saturated heterocycles. The van der Waals surface area contributed by atoms with Gasteiger partial charge in [0.2, 0.25) is 0 Å².